The Bertz CT molecular complexity index is 346. The molecule has 0 aromatic heterocycles. The van der Waals surface area contributed by atoms with Gasteiger partial charge in [-0.2, -0.15) is 0 Å². The number of para-hydroxylation sites is 1. The molecule has 0 aliphatic carbocycles. The van der Waals surface area contributed by atoms with E-state index in [4.69, 9.17) is 4.74 Å². The van der Waals surface area contributed by atoms with Crippen molar-refractivity contribution in [1.29, 1.82) is 0 Å². The van der Waals surface area contributed by atoms with Crippen molar-refractivity contribution in [3.8, 4) is 11.5 Å². The van der Waals surface area contributed by atoms with E-state index < -0.39 is 0 Å². The highest BCUT2D eigenvalue weighted by Gasteiger charge is 2.16. The summed E-state index contributed by atoms with van der Waals surface area (Å²) in [7, 11) is 1.60. The summed E-state index contributed by atoms with van der Waals surface area (Å²) in [6, 6.07) is 6.08. The zero-order chi connectivity index (χ0) is 11.4. The third kappa shape index (κ3) is 2.47. The van der Waals surface area contributed by atoms with Crippen LogP contribution in [0.25, 0.3) is 0 Å². The molecule has 88 valence electrons. The number of hydrogen-bond acceptors (Lipinski definition) is 3. The molecule has 1 aliphatic rings. The average molecular weight is 221 g/mol. The van der Waals surface area contributed by atoms with Gasteiger partial charge in [0.25, 0.3) is 0 Å². The van der Waals surface area contributed by atoms with Crippen LogP contribution in [0.3, 0.4) is 0 Å². The molecule has 1 fully saturated rings. The van der Waals surface area contributed by atoms with Crippen molar-refractivity contribution in [3.63, 3.8) is 0 Å². The number of piperidine rings is 1. The molecule has 0 saturated carbocycles. The van der Waals surface area contributed by atoms with Crippen LogP contribution >= 0.6 is 0 Å². The molecule has 1 aliphatic heterocycles. The minimum Gasteiger partial charge on any atom is -0.504 e. The van der Waals surface area contributed by atoms with E-state index in [9.17, 15) is 5.11 Å². The molecule has 0 amide bonds. The van der Waals surface area contributed by atoms with Gasteiger partial charge in [0, 0.05) is 6.04 Å². The number of nitrogens with one attached hydrogen (secondary N) is 1. The second-order valence-electron chi connectivity index (χ2n) is 4.32. The Labute approximate surface area is 96.4 Å². The van der Waals surface area contributed by atoms with Crippen LogP contribution in [0.4, 0.5) is 0 Å². The molecule has 1 heterocycles. The van der Waals surface area contributed by atoms with E-state index in [2.05, 4.69) is 5.32 Å². The molecular formula is C13H19NO2. The molecule has 1 unspecified atom stereocenters. The van der Waals surface area contributed by atoms with Gasteiger partial charge in [-0.1, -0.05) is 18.6 Å². The molecule has 2 rings (SSSR count). The standard InChI is InChI=1S/C13H19NO2/c1-16-13-10(5-4-7-12(13)15)9-11-6-2-3-8-14-11/h4-5,7,11,14-15H,2-3,6,8-9H2,1H3. The smallest absolute Gasteiger partial charge is 0.163 e. The second-order valence-corrected chi connectivity index (χ2v) is 4.32. The minimum absolute atomic E-state index is 0.232. The third-order valence-corrected chi connectivity index (χ3v) is 3.16. The molecule has 2 N–H and O–H groups in total. The van der Waals surface area contributed by atoms with E-state index in [0.29, 0.717) is 11.8 Å². The molecule has 1 aromatic rings. The zero-order valence-electron chi connectivity index (χ0n) is 9.70. The van der Waals surface area contributed by atoms with Gasteiger partial charge in [0.2, 0.25) is 0 Å². The number of ether oxygens (including phenoxy) is 1. The van der Waals surface area contributed by atoms with Crippen LogP contribution in [0.1, 0.15) is 24.8 Å². The highest BCUT2D eigenvalue weighted by molar-refractivity contribution is 5.45. The number of hydrogen-bond donors (Lipinski definition) is 2. The lowest BCUT2D eigenvalue weighted by Crippen LogP contribution is -2.35. The monoisotopic (exact) mass is 221 g/mol. The van der Waals surface area contributed by atoms with E-state index in [1.165, 1.54) is 19.3 Å². The number of aromatic hydroxyl groups is 1. The van der Waals surface area contributed by atoms with Gasteiger partial charge in [0.05, 0.1) is 7.11 Å². The normalized spacial score (nSPS) is 20.7. The van der Waals surface area contributed by atoms with Crippen molar-refractivity contribution >= 4 is 0 Å². The highest BCUT2D eigenvalue weighted by Crippen LogP contribution is 2.31. The fourth-order valence-electron chi connectivity index (χ4n) is 2.33. The molecule has 0 bridgehead atoms. The molecule has 0 spiro atoms. The molecule has 3 nitrogen and oxygen atoms in total. The Balaban J connectivity index is 2.10. The fourth-order valence-corrected chi connectivity index (χ4v) is 2.33. The second kappa shape index (κ2) is 5.21. The van der Waals surface area contributed by atoms with Gasteiger partial charge in [-0.25, -0.2) is 0 Å². The number of benzene rings is 1. The van der Waals surface area contributed by atoms with E-state index in [1.807, 2.05) is 12.1 Å². The first-order chi connectivity index (χ1) is 7.81. The van der Waals surface area contributed by atoms with Crippen LogP contribution in [0.2, 0.25) is 0 Å². The van der Waals surface area contributed by atoms with Crippen molar-refractivity contribution in [2.24, 2.45) is 0 Å². The predicted octanol–water partition coefficient (Wildman–Crippen LogP) is 2.09. The van der Waals surface area contributed by atoms with Gasteiger partial charge in [-0.3, -0.25) is 0 Å². The van der Waals surface area contributed by atoms with Crippen molar-refractivity contribution in [2.45, 2.75) is 31.7 Å². The SMILES string of the molecule is COc1c(O)cccc1CC1CCCCN1. The van der Waals surface area contributed by atoms with Crippen molar-refractivity contribution in [3.05, 3.63) is 23.8 Å². The van der Waals surface area contributed by atoms with Crippen LogP contribution < -0.4 is 10.1 Å². The number of rotatable bonds is 3. The molecule has 1 saturated heterocycles. The van der Waals surface area contributed by atoms with E-state index >= 15 is 0 Å². The maximum Gasteiger partial charge on any atom is 0.163 e. The Hall–Kier alpha value is -1.22. The van der Waals surface area contributed by atoms with Crippen LogP contribution in [0.5, 0.6) is 11.5 Å². The van der Waals surface area contributed by atoms with Crippen LogP contribution in [-0.4, -0.2) is 24.8 Å². The summed E-state index contributed by atoms with van der Waals surface area (Å²) in [5, 5.41) is 13.2. The Morgan fingerprint density at radius 2 is 2.31 bits per heavy atom. The lowest BCUT2D eigenvalue weighted by atomic mass is 9.97. The Morgan fingerprint density at radius 3 is 3.00 bits per heavy atom. The van der Waals surface area contributed by atoms with E-state index in [1.54, 1.807) is 13.2 Å². The molecule has 16 heavy (non-hydrogen) atoms. The van der Waals surface area contributed by atoms with Crippen molar-refractivity contribution in [1.82, 2.24) is 5.32 Å². The lowest BCUT2D eigenvalue weighted by molar-refractivity contribution is 0.359. The minimum atomic E-state index is 0.232. The molecule has 1 aromatic carbocycles. The summed E-state index contributed by atoms with van der Waals surface area (Å²) in [6.07, 6.45) is 4.70. The summed E-state index contributed by atoms with van der Waals surface area (Å²) >= 11 is 0. The molecule has 1 atom stereocenters. The fraction of sp³-hybridized carbons (Fsp3) is 0.538. The van der Waals surface area contributed by atoms with Crippen LogP contribution in [0.15, 0.2) is 18.2 Å². The summed E-state index contributed by atoms with van der Waals surface area (Å²) < 4.78 is 5.24. The molecule has 0 radical (unpaired) electrons. The van der Waals surface area contributed by atoms with Gasteiger partial charge in [-0.15, -0.1) is 0 Å². The Kier molecular flexibility index (Phi) is 3.67. The number of phenols is 1. The molecule has 3 heteroatoms. The third-order valence-electron chi connectivity index (χ3n) is 3.16. The Morgan fingerprint density at radius 1 is 1.44 bits per heavy atom. The average Bonchev–Trinajstić information content (AvgIpc) is 2.31. The maximum atomic E-state index is 9.68. The zero-order valence-corrected chi connectivity index (χ0v) is 9.70. The molecular weight excluding hydrogens is 202 g/mol. The topological polar surface area (TPSA) is 41.5 Å². The predicted molar refractivity (Wildman–Crippen MR) is 64.0 cm³/mol. The van der Waals surface area contributed by atoms with E-state index in [-0.39, 0.29) is 5.75 Å². The van der Waals surface area contributed by atoms with Gasteiger partial charge in [-0.05, 0) is 37.4 Å². The van der Waals surface area contributed by atoms with Gasteiger partial charge in [0.1, 0.15) is 0 Å². The number of phenolic OH excluding ortho intramolecular Hbond substituents is 1. The van der Waals surface area contributed by atoms with Crippen molar-refractivity contribution in [2.75, 3.05) is 13.7 Å². The first kappa shape index (κ1) is 11.3. The largest absolute Gasteiger partial charge is 0.504 e. The maximum absolute atomic E-state index is 9.68. The number of methoxy groups -OCH3 is 1. The van der Waals surface area contributed by atoms with Gasteiger partial charge in [0.15, 0.2) is 11.5 Å². The van der Waals surface area contributed by atoms with Crippen LogP contribution in [0, 0.1) is 0 Å². The quantitative estimate of drug-likeness (QED) is 0.821. The lowest BCUT2D eigenvalue weighted by Gasteiger charge is -2.24. The highest BCUT2D eigenvalue weighted by atomic mass is 16.5. The first-order valence-corrected chi connectivity index (χ1v) is 5.89. The van der Waals surface area contributed by atoms with Crippen LogP contribution in [-0.2, 0) is 6.42 Å². The van der Waals surface area contributed by atoms with Gasteiger partial charge < -0.3 is 15.2 Å². The van der Waals surface area contributed by atoms with Gasteiger partial charge >= 0.3 is 0 Å². The summed E-state index contributed by atoms with van der Waals surface area (Å²) in [4.78, 5) is 0. The first-order valence-electron chi connectivity index (χ1n) is 5.89. The van der Waals surface area contributed by atoms with E-state index in [0.717, 1.165) is 18.5 Å². The summed E-state index contributed by atoms with van der Waals surface area (Å²) in [5.41, 5.74) is 1.09. The summed E-state index contributed by atoms with van der Waals surface area (Å²) in [5.74, 6) is 0.852. The summed E-state index contributed by atoms with van der Waals surface area (Å²) in [6.45, 7) is 1.10. The van der Waals surface area contributed by atoms with Crippen molar-refractivity contribution < 1.29 is 9.84 Å².